The number of pyridine rings is 1. The number of tetrazole rings is 1. The number of aromatic nitrogens is 5. The van der Waals surface area contributed by atoms with Crippen molar-refractivity contribution in [3.8, 4) is 11.3 Å². The van der Waals surface area contributed by atoms with Crippen LogP contribution in [0.15, 0.2) is 54.6 Å². The topological polar surface area (TPSA) is 108 Å². The van der Waals surface area contributed by atoms with Crippen LogP contribution < -0.4 is 0 Å². The summed E-state index contributed by atoms with van der Waals surface area (Å²) in [6, 6.07) is 16.8. The maximum absolute atomic E-state index is 13.5. The average molecular weight is 435 g/mol. The fraction of sp³-hybridized carbons (Fsp3) is 0.227. The van der Waals surface area contributed by atoms with E-state index < -0.39 is 5.60 Å². The lowest BCUT2D eigenvalue weighted by atomic mass is 9.90. The molecule has 0 bridgehead atoms. The molecule has 31 heavy (non-hydrogen) atoms. The highest BCUT2D eigenvalue weighted by atomic mass is 35.5. The van der Waals surface area contributed by atoms with Crippen LogP contribution in [0.3, 0.4) is 0 Å². The number of amides is 1. The number of likely N-dealkylation sites (tertiary alicyclic amines) is 1. The molecule has 0 atom stereocenters. The van der Waals surface area contributed by atoms with E-state index in [0.29, 0.717) is 42.2 Å². The summed E-state index contributed by atoms with van der Waals surface area (Å²) in [7, 11) is 0. The number of nitrogens with one attached hydrogen (secondary N) is 1. The number of hydrogen-bond acceptors (Lipinski definition) is 6. The number of carbonyl (C=O) groups excluding carboxylic acids is 1. The van der Waals surface area contributed by atoms with Crippen molar-refractivity contribution in [3.05, 3.63) is 71.0 Å². The fourth-order valence-electron chi connectivity index (χ4n) is 3.99. The molecule has 0 unspecified atom stereocenters. The molecule has 3 heterocycles. The van der Waals surface area contributed by atoms with Crippen LogP contribution in [0.5, 0.6) is 0 Å². The number of halogens is 1. The second-order valence-electron chi connectivity index (χ2n) is 7.61. The Balaban J connectivity index is 1.50. The van der Waals surface area contributed by atoms with Gasteiger partial charge in [-0.15, -0.1) is 10.2 Å². The van der Waals surface area contributed by atoms with Gasteiger partial charge in [0.1, 0.15) is 5.60 Å². The van der Waals surface area contributed by atoms with Crippen LogP contribution >= 0.6 is 11.6 Å². The van der Waals surface area contributed by atoms with Gasteiger partial charge in [0.05, 0.1) is 16.8 Å². The first-order valence-electron chi connectivity index (χ1n) is 9.95. The number of H-pyrrole nitrogens is 1. The van der Waals surface area contributed by atoms with E-state index in [1.165, 1.54) is 0 Å². The zero-order valence-electron chi connectivity index (χ0n) is 16.5. The van der Waals surface area contributed by atoms with Gasteiger partial charge in [0.15, 0.2) is 0 Å². The summed E-state index contributed by atoms with van der Waals surface area (Å²) in [5.41, 5.74) is 1.52. The fourth-order valence-corrected chi connectivity index (χ4v) is 4.22. The van der Waals surface area contributed by atoms with Gasteiger partial charge in [0.2, 0.25) is 5.82 Å². The maximum Gasteiger partial charge on any atom is 0.254 e. The van der Waals surface area contributed by atoms with Crippen molar-refractivity contribution in [2.45, 2.75) is 18.4 Å². The second-order valence-corrected chi connectivity index (χ2v) is 8.02. The monoisotopic (exact) mass is 434 g/mol. The van der Waals surface area contributed by atoms with Crippen molar-refractivity contribution >= 4 is 28.4 Å². The smallest absolute Gasteiger partial charge is 0.254 e. The number of piperidine rings is 1. The lowest BCUT2D eigenvalue weighted by Gasteiger charge is -2.36. The lowest BCUT2D eigenvalue weighted by Crippen LogP contribution is -2.45. The number of benzene rings is 2. The number of rotatable bonds is 3. The highest BCUT2D eigenvalue weighted by Gasteiger charge is 2.39. The molecule has 5 rings (SSSR count). The van der Waals surface area contributed by atoms with E-state index in [-0.39, 0.29) is 11.7 Å². The highest BCUT2D eigenvalue weighted by molar-refractivity contribution is 6.33. The molecule has 1 amide bonds. The molecule has 1 fully saturated rings. The standard InChI is InChI=1S/C22H19ClN6O2/c23-17-7-3-1-6-15(17)19-13-16(14-5-2-4-8-18(14)24-19)20(30)29-11-9-22(31,10-12-29)21-25-27-28-26-21/h1-8,13,31H,9-12H2,(H,25,26,27,28). The van der Waals surface area contributed by atoms with Crippen LogP contribution in [0, 0.1) is 0 Å². The van der Waals surface area contributed by atoms with Gasteiger partial charge in [0.25, 0.3) is 5.91 Å². The van der Waals surface area contributed by atoms with E-state index in [9.17, 15) is 9.90 Å². The Morgan fingerprint density at radius 1 is 1.10 bits per heavy atom. The predicted molar refractivity (Wildman–Crippen MR) is 115 cm³/mol. The molecule has 0 saturated carbocycles. The van der Waals surface area contributed by atoms with Gasteiger partial charge in [-0.2, -0.15) is 5.21 Å². The number of aliphatic hydroxyl groups is 1. The first-order chi connectivity index (χ1) is 15.0. The quantitative estimate of drug-likeness (QED) is 0.512. The minimum absolute atomic E-state index is 0.109. The molecule has 4 aromatic rings. The van der Waals surface area contributed by atoms with E-state index >= 15 is 0 Å². The molecule has 9 heteroatoms. The van der Waals surface area contributed by atoms with Gasteiger partial charge in [-0.25, -0.2) is 4.98 Å². The van der Waals surface area contributed by atoms with Crippen LogP contribution in [-0.2, 0) is 5.60 Å². The minimum atomic E-state index is -1.19. The molecule has 2 aromatic carbocycles. The Bertz CT molecular complexity index is 1250. The normalized spacial score (nSPS) is 15.9. The number of nitrogens with zero attached hydrogens (tertiary/aromatic N) is 5. The molecule has 1 aliphatic heterocycles. The molecule has 1 aliphatic rings. The summed E-state index contributed by atoms with van der Waals surface area (Å²) >= 11 is 6.39. The van der Waals surface area contributed by atoms with Crippen molar-refractivity contribution < 1.29 is 9.90 Å². The zero-order chi connectivity index (χ0) is 21.4. The van der Waals surface area contributed by atoms with Crippen LogP contribution in [0.4, 0.5) is 0 Å². The van der Waals surface area contributed by atoms with Crippen LogP contribution in [0.1, 0.15) is 29.0 Å². The molecular formula is C22H19ClN6O2. The van der Waals surface area contributed by atoms with Gasteiger partial charge in [-0.1, -0.05) is 53.2 Å². The molecule has 0 aliphatic carbocycles. The minimum Gasteiger partial charge on any atom is -0.382 e. The second kappa shape index (κ2) is 7.72. The summed E-state index contributed by atoms with van der Waals surface area (Å²) in [6.45, 7) is 0.754. The van der Waals surface area contributed by atoms with E-state index in [2.05, 4.69) is 20.6 Å². The Labute approximate surface area is 182 Å². The Kier molecular flexibility index (Phi) is 4.88. The number of hydrogen-bond donors (Lipinski definition) is 2. The molecule has 2 aromatic heterocycles. The van der Waals surface area contributed by atoms with E-state index in [1.807, 2.05) is 42.5 Å². The first kappa shape index (κ1) is 19.6. The molecule has 156 valence electrons. The number of fused-ring (bicyclic) bond motifs is 1. The van der Waals surface area contributed by atoms with Gasteiger partial charge >= 0.3 is 0 Å². The van der Waals surface area contributed by atoms with Crippen LogP contribution in [0.2, 0.25) is 5.02 Å². The maximum atomic E-state index is 13.5. The van der Waals surface area contributed by atoms with Crippen molar-refractivity contribution in [3.63, 3.8) is 0 Å². The predicted octanol–water partition coefficient (Wildman–Crippen LogP) is 3.19. The largest absolute Gasteiger partial charge is 0.382 e. The van der Waals surface area contributed by atoms with Gasteiger partial charge < -0.3 is 10.0 Å². The molecular weight excluding hydrogens is 416 g/mol. The average Bonchev–Trinajstić information content (AvgIpc) is 3.35. The number of carbonyl (C=O) groups is 1. The van der Waals surface area contributed by atoms with Crippen molar-refractivity contribution in [2.75, 3.05) is 13.1 Å². The Morgan fingerprint density at radius 2 is 1.84 bits per heavy atom. The number of para-hydroxylation sites is 1. The zero-order valence-corrected chi connectivity index (χ0v) is 17.3. The van der Waals surface area contributed by atoms with Gasteiger partial charge in [0, 0.05) is 41.9 Å². The third-order valence-corrected chi connectivity index (χ3v) is 6.07. The SMILES string of the molecule is O=C(c1cc(-c2ccccc2Cl)nc2ccccc12)N1CCC(O)(c2nn[nH]n2)CC1. The molecule has 0 radical (unpaired) electrons. The summed E-state index contributed by atoms with van der Waals surface area (Å²) in [5.74, 6) is 0.150. The van der Waals surface area contributed by atoms with Crippen LogP contribution in [-0.4, -0.2) is 54.6 Å². The number of aromatic amines is 1. The molecule has 0 spiro atoms. The summed E-state index contributed by atoms with van der Waals surface area (Å²) in [5, 5.41) is 25.9. The lowest BCUT2D eigenvalue weighted by molar-refractivity contribution is -0.0278. The Hall–Kier alpha value is -3.36. The summed E-state index contributed by atoms with van der Waals surface area (Å²) in [4.78, 5) is 20.0. The van der Waals surface area contributed by atoms with Crippen molar-refractivity contribution in [1.82, 2.24) is 30.5 Å². The summed E-state index contributed by atoms with van der Waals surface area (Å²) in [6.07, 6.45) is 0.664. The van der Waals surface area contributed by atoms with Crippen molar-refractivity contribution in [2.24, 2.45) is 0 Å². The third-order valence-electron chi connectivity index (χ3n) is 5.74. The van der Waals surface area contributed by atoms with E-state index in [1.54, 1.807) is 17.0 Å². The Morgan fingerprint density at radius 3 is 2.58 bits per heavy atom. The molecule has 8 nitrogen and oxygen atoms in total. The molecule has 1 saturated heterocycles. The molecule has 2 N–H and O–H groups in total. The van der Waals surface area contributed by atoms with E-state index in [0.717, 1.165) is 16.5 Å². The van der Waals surface area contributed by atoms with Gasteiger partial charge in [-0.05, 0) is 18.2 Å². The third kappa shape index (κ3) is 3.54. The highest BCUT2D eigenvalue weighted by Crippen LogP contribution is 2.33. The van der Waals surface area contributed by atoms with E-state index in [4.69, 9.17) is 16.6 Å². The van der Waals surface area contributed by atoms with Crippen LogP contribution in [0.25, 0.3) is 22.2 Å². The van der Waals surface area contributed by atoms with Crippen molar-refractivity contribution in [1.29, 1.82) is 0 Å². The first-order valence-corrected chi connectivity index (χ1v) is 10.3. The van der Waals surface area contributed by atoms with Gasteiger partial charge in [-0.3, -0.25) is 4.79 Å². The summed E-state index contributed by atoms with van der Waals surface area (Å²) < 4.78 is 0.